The molecule has 0 bridgehead atoms. The van der Waals surface area contributed by atoms with E-state index in [1.807, 2.05) is 6.07 Å². The number of benzene rings is 1. The van der Waals surface area contributed by atoms with Crippen LogP contribution in [0.5, 0.6) is 0 Å². The number of H-pyrrole nitrogens is 1. The molecule has 1 aromatic heterocycles. The molecule has 3 rings (SSSR count). The van der Waals surface area contributed by atoms with Gasteiger partial charge in [0.1, 0.15) is 0 Å². The van der Waals surface area contributed by atoms with Crippen molar-refractivity contribution in [2.75, 3.05) is 0 Å². The Hall–Kier alpha value is -1.17. The van der Waals surface area contributed by atoms with Crippen LogP contribution in [0.25, 0.3) is 0 Å². The fraction of sp³-hybridized carbons (Fsp3) is 0.400. The summed E-state index contributed by atoms with van der Waals surface area (Å²) in [5, 5.41) is 12.7. The Labute approximate surface area is 144 Å². The van der Waals surface area contributed by atoms with Crippen LogP contribution < -0.4 is 0 Å². The van der Waals surface area contributed by atoms with Crippen molar-refractivity contribution < 1.29 is 0 Å². The first-order chi connectivity index (χ1) is 10.6. The van der Waals surface area contributed by atoms with E-state index in [1.165, 1.54) is 19.3 Å². The number of aromatic nitrogens is 3. The molecule has 0 atom stereocenters. The third-order valence-electron chi connectivity index (χ3n) is 3.91. The smallest absolute Gasteiger partial charge is 0.216 e. The number of nitrogens with zero attached hydrogens (tertiary/aromatic N) is 3. The Balaban J connectivity index is 1.88. The molecule has 0 unspecified atom stereocenters. The van der Waals surface area contributed by atoms with Crippen molar-refractivity contribution in [2.24, 2.45) is 5.10 Å². The second-order valence-corrected chi connectivity index (χ2v) is 6.65. The van der Waals surface area contributed by atoms with Gasteiger partial charge in [-0.3, -0.25) is 5.10 Å². The van der Waals surface area contributed by atoms with E-state index in [2.05, 4.69) is 15.3 Å². The maximum Gasteiger partial charge on any atom is 0.216 e. The number of hydrogen-bond acceptors (Lipinski definition) is 3. The first-order valence-corrected chi connectivity index (χ1v) is 8.48. The Bertz CT molecular complexity index is 744. The highest BCUT2D eigenvalue weighted by Crippen LogP contribution is 2.31. The normalized spacial score (nSPS) is 16.5. The van der Waals surface area contributed by atoms with E-state index in [1.54, 1.807) is 23.0 Å². The number of hydrogen-bond donors (Lipinski definition) is 1. The topological polar surface area (TPSA) is 46.0 Å². The fourth-order valence-corrected chi connectivity index (χ4v) is 3.25. The van der Waals surface area contributed by atoms with Crippen LogP contribution in [0.3, 0.4) is 0 Å². The molecule has 0 spiro atoms. The number of halogens is 2. The molecule has 2 aromatic rings. The summed E-state index contributed by atoms with van der Waals surface area (Å²) >= 11 is 17.2. The lowest BCUT2D eigenvalue weighted by Crippen LogP contribution is -2.10. The van der Waals surface area contributed by atoms with Crippen molar-refractivity contribution in [3.8, 4) is 0 Å². The van der Waals surface area contributed by atoms with Gasteiger partial charge in [-0.05, 0) is 42.8 Å². The summed E-state index contributed by atoms with van der Waals surface area (Å²) in [6.07, 6.45) is 7.78. The molecule has 0 amide bonds. The van der Waals surface area contributed by atoms with E-state index in [9.17, 15) is 0 Å². The largest absolute Gasteiger partial charge is 0.250 e. The van der Waals surface area contributed by atoms with Gasteiger partial charge in [0.2, 0.25) is 4.77 Å². The monoisotopic (exact) mass is 354 g/mol. The third kappa shape index (κ3) is 3.42. The maximum absolute atomic E-state index is 6.02. The van der Waals surface area contributed by atoms with Crippen molar-refractivity contribution in [1.82, 2.24) is 14.9 Å². The summed E-state index contributed by atoms with van der Waals surface area (Å²) in [5.41, 5.74) is 0.868. The Morgan fingerprint density at radius 3 is 2.73 bits per heavy atom. The molecule has 116 valence electrons. The van der Waals surface area contributed by atoms with Gasteiger partial charge in [-0.1, -0.05) is 48.5 Å². The fourth-order valence-electron chi connectivity index (χ4n) is 2.76. The second-order valence-electron chi connectivity index (χ2n) is 5.45. The average molecular weight is 355 g/mol. The summed E-state index contributed by atoms with van der Waals surface area (Å²) in [7, 11) is 0. The highest BCUT2D eigenvalue weighted by atomic mass is 35.5. The summed E-state index contributed by atoms with van der Waals surface area (Å²) in [4.78, 5) is 0. The van der Waals surface area contributed by atoms with Crippen LogP contribution in [0.2, 0.25) is 10.0 Å². The quantitative estimate of drug-likeness (QED) is 0.609. The highest BCUT2D eigenvalue weighted by Gasteiger charge is 2.21. The molecule has 22 heavy (non-hydrogen) atoms. The molecule has 0 radical (unpaired) electrons. The van der Waals surface area contributed by atoms with Gasteiger partial charge >= 0.3 is 0 Å². The van der Waals surface area contributed by atoms with Crippen molar-refractivity contribution >= 4 is 41.6 Å². The maximum atomic E-state index is 6.02. The molecule has 0 aliphatic heterocycles. The number of aromatic amines is 1. The van der Waals surface area contributed by atoms with Crippen molar-refractivity contribution in [1.29, 1.82) is 0 Å². The molecule has 1 aliphatic rings. The zero-order valence-corrected chi connectivity index (χ0v) is 14.3. The summed E-state index contributed by atoms with van der Waals surface area (Å²) in [6.45, 7) is 0. The lowest BCUT2D eigenvalue weighted by molar-refractivity contribution is 0.419. The van der Waals surface area contributed by atoms with E-state index in [0.717, 1.165) is 24.2 Å². The van der Waals surface area contributed by atoms with Crippen LogP contribution in [0.4, 0.5) is 0 Å². The van der Waals surface area contributed by atoms with Gasteiger partial charge in [-0.25, -0.2) is 0 Å². The molecule has 1 N–H and O–H groups in total. The number of rotatable bonds is 3. The summed E-state index contributed by atoms with van der Waals surface area (Å²) in [6, 6.07) is 5.39. The van der Waals surface area contributed by atoms with Gasteiger partial charge in [0.25, 0.3) is 0 Å². The first kappa shape index (κ1) is 15.7. The molecular formula is C15H16Cl2N4S. The Morgan fingerprint density at radius 2 is 2.00 bits per heavy atom. The minimum Gasteiger partial charge on any atom is -0.250 e. The molecule has 0 saturated heterocycles. The Kier molecular flexibility index (Phi) is 4.96. The lowest BCUT2D eigenvalue weighted by atomic mass is 9.89. The summed E-state index contributed by atoms with van der Waals surface area (Å²) < 4.78 is 2.23. The van der Waals surface area contributed by atoms with Gasteiger partial charge in [0.05, 0.1) is 16.3 Å². The average Bonchev–Trinajstić information content (AvgIpc) is 2.90. The minimum absolute atomic E-state index is 0.424. The molecular weight excluding hydrogens is 339 g/mol. The third-order valence-corrected chi connectivity index (χ3v) is 4.91. The lowest BCUT2D eigenvalue weighted by Gasteiger charge is -2.19. The van der Waals surface area contributed by atoms with Gasteiger partial charge in [-0.2, -0.15) is 14.9 Å². The zero-order valence-electron chi connectivity index (χ0n) is 11.9. The predicted octanol–water partition coefficient (Wildman–Crippen LogP) is 5.18. The van der Waals surface area contributed by atoms with Crippen molar-refractivity contribution in [3.63, 3.8) is 0 Å². The molecule has 1 saturated carbocycles. The van der Waals surface area contributed by atoms with Crippen molar-refractivity contribution in [2.45, 2.75) is 38.0 Å². The van der Waals surface area contributed by atoms with Crippen LogP contribution in [-0.2, 0) is 0 Å². The van der Waals surface area contributed by atoms with Gasteiger partial charge in [0, 0.05) is 5.92 Å². The first-order valence-electron chi connectivity index (χ1n) is 7.32. The minimum atomic E-state index is 0.424. The van der Waals surface area contributed by atoms with Gasteiger partial charge < -0.3 is 0 Å². The van der Waals surface area contributed by atoms with E-state index in [4.69, 9.17) is 35.4 Å². The van der Waals surface area contributed by atoms with E-state index in [0.29, 0.717) is 20.7 Å². The molecule has 4 nitrogen and oxygen atoms in total. The van der Waals surface area contributed by atoms with Crippen LogP contribution in [0.1, 0.15) is 49.4 Å². The Morgan fingerprint density at radius 1 is 1.23 bits per heavy atom. The van der Waals surface area contributed by atoms with E-state index < -0.39 is 0 Å². The van der Waals surface area contributed by atoms with E-state index in [-0.39, 0.29) is 0 Å². The van der Waals surface area contributed by atoms with Gasteiger partial charge in [0.15, 0.2) is 5.82 Å². The SMILES string of the molecule is S=c1[nH]nc(C2CCCCC2)n1/N=C\c1ccc(Cl)c(Cl)c1. The van der Waals surface area contributed by atoms with Crippen molar-refractivity contribution in [3.05, 3.63) is 44.4 Å². The van der Waals surface area contributed by atoms with Crippen LogP contribution in [-0.4, -0.2) is 21.1 Å². The van der Waals surface area contributed by atoms with Crippen LogP contribution in [0, 0.1) is 4.77 Å². The number of nitrogens with one attached hydrogen (secondary N) is 1. The molecule has 1 fully saturated rings. The van der Waals surface area contributed by atoms with Crippen LogP contribution >= 0.6 is 35.4 Å². The predicted molar refractivity (Wildman–Crippen MR) is 92.7 cm³/mol. The van der Waals surface area contributed by atoms with E-state index >= 15 is 0 Å². The standard InChI is InChI=1S/C15H16Cl2N4S/c16-12-7-6-10(8-13(12)17)9-18-21-14(19-20-15(21)22)11-4-2-1-3-5-11/h6-9,11H,1-5H2,(H,20,22)/b18-9-. The molecule has 1 aliphatic carbocycles. The van der Waals surface area contributed by atoms with Crippen LogP contribution in [0.15, 0.2) is 23.3 Å². The second kappa shape index (κ2) is 6.94. The molecule has 1 heterocycles. The molecule has 7 heteroatoms. The zero-order chi connectivity index (χ0) is 15.5. The molecule has 1 aromatic carbocycles. The summed E-state index contributed by atoms with van der Waals surface area (Å²) in [5.74, 6) is 1.34. The van der Waals surface area contributed by atoms with Gasteiger partial charge in [-0.15, -0.1) is 0 Å². The highest BCUT2D eigenvalue weighted by molar-refractivity contribution is 7.71.